The number of nitrogens with two attached hydrogens (primary N) is 2. The smallest absolute Gasteiger partial charge is 0.389 e. The summed E-state index contributed by atoms with van der Waals surface area (Å²) in [6.45, 7) is -2.41. The summed E-state index contributed by atoms with van der Waals surface area (Å²) in [6, 6.07) is 0. The normalized spacial score (nSPS) is 27.1. The van der Waals surface area contributed by atoms with Crippen LogP contribution in [0.5, 0.6) is 0 Å². The van der Waals surface area contributed by atoms with Crippen molar-refractivity contribution in [2.24, 2.45) is 5.73 Å². The molecule has 1 aliphatic heterocycles. The van der Waals surface area contributed by atoms with Gasteiger partial charge in [-0.05, 0) is 0 Å². The summed E-state index contributed by atoms with van der Waals surface area (Å²) in [7, 11) is -10.7. The van der Waals surface area contributed by atoms with Crippen LogP contribution in [0.15, 0.2) is 12.7 Å². The van der Waals surface area contributed by atoms with Gasteiger partial charge in [0.25, 0.3) is 0 Å². The van der Waals surface area contributed by atoms with Crippen LogP contribution in [-0.4, -0.2) is 111 Å². The van der Waals surface area contributed by atoms with E-state index < -0.39 is 78.3 Å². The number of aromatic nitrogens is 4. The predicted molar refractivity (Wildman–Crippen MR) is 115 cm³/mol. The summed E-state index contributed by atoms with van der Waals surface area (Å²) in [4.78, 5) is 29.9. The van der Waals surface area contributed by atoms with Crippen molar-refractivity contribution in [3.05, 3.63) is 12.7 Å². The van der Waals surface area contributed by atoms with E-state index in [2.05, 4.69) is 23.8 Å². The van der Waals surface area contributed by atoms with E-state index in [-0.39, 0.29) is 17.0 Å². The summed E-state index contributed by atoms with van der Waals surface area (Å²) < 4.78 is 44.5. The van der Waals surface area contributed by atoms with Gasteiger partial charge in [-0.3, -0.25) is 13.6 Å². The zero-order chi connectivity index (χ0) is 26.8. The van der Waals surface area contributed by atoms with Gasteiger partial charge in [-0.2, -0.15) is 4.31 Å². The van der Waals surface area contributed by atoms with E-state index in [0.29, 0.717) is 0 Å². The minimum absolute atomic E-state index is 0.0469. The number of imidazole rings is 1. The molecule has 21 heteroatoms. The molecule has 8 unspecified atom stereocenters. The lowest BCUT2D eigenvalue weighted by atomic mass is 10.1. The molecule has 3 rings (SSSR count). The first-order chi connectivity index (χ1) is 16.8. The summed E-state index contributed by atoms with van der Waals surface area (Å²) in [5, 5.41) is 49.8. The molecule has 0 aromatic carbocycles. The summed E-state index contributed by atoms with van der Waals surface area (Å²) in [5.74, 6) is 0.0469. The molecule has 19 nitrogen and oxygen atoms in total. The van der Waals surface area contributed by atoms with Crippen molar-refractivity contribution >= 4 is 32.6 Å². The molecule has 1 fully saturated rings. The summed E-state index contributed by atoms with van der Waals surface area (Å²) in [6.07, 6.45) is -8.99. The molecular formula is C15H26N6O13P2. The van der Waals surface area contributed by atoms with Crippen molar-refractivity contribution in [1.82, 2.24) is 19.5 Å². The fourth-order valence-electron chi connectivity index (χ4n) is 3.19. The molecule has 3 heterocycles. The van der Waals surface area contributed by atoms with Crippen LogP contribution in [0.25, 0.3) is 11.2 Å². The SMILES string of the molecule is NCC(O)C(O)C(O)COP(=O)(OCC1OC(n2cnc3c(N)ncnc32)C(O)C1O)OP(=O)(O)O. The summed E-state index contributed by atoms with van der Waals surface area (Å²) in [5.41, 5.74) is 11.2. The number of ether oxygens (including phenoxy) is 1. The zero-order valence-electron chi connectivity index (χ0n) is 18.2. The average Bonchev–Trinajstić information content (AvgIpc) is 3.36. The molecule has 2 aromatic heterocycles. The molecule has 0 amide bonds. The number of anilines is 1. The maximum atomic E-state index is 12.8. The maximum Gasteiger partial charge on any atom is 0.483 e. The molecule has 2 aromatic rings. The van der Waals surface area contributed by atoms with Crippen LogP contribution in [0.1, 0.15) is 6.23 Å². The first-order valence-electron chi connectivity index (χ1n) is 10.1. The molecule has 204 valence electrons. The van der Waals surface area contributed by atoms with Crippen LogP contribution in [0.4, 0.5) is 5.82 Å². The Morgan fingerprint density at radius 1 is 1.08 bits per heavy atom. The van der Waals surface area contributed by atoms with Gasteiger partial charge in [-0.1, -0.05) is 0 Å². The molecule has 1 saturated heterocycles. The predicted octanol–water partition coefficient (Wildman–Crippen LogP) is -3.68. The molecule has 0 aliphatic carbocycles. The molecule has 36 heavy (non-hydrogen) atoms. The van der Waals surface area contributed by atoms with Crippen molar-refractivity contribution in [2.75, 3.05) is 25.5 Å². The van der Waals surface area contributed by atoms with Crippen molar-refractivity contribution in [3.8, 4) is 0 Å². The van der Waals surface area contributed by atoms with Gasteiger partial charge in [-0.15, -0.1) is 0 Å². The van der Waals surface area contributed by atoms with Crippen LogP contribution in [-0.2, 0) is 27.2 Å². The van der Waals surface area contributed by atoms with Crippen LogP contribution in [0, 0.1) is 0 Å². The minimum Gasteiger partial charge on any atom is -0.389 e. The Morgan fingerprint density at radius 2 is 1.78 bits per heavy atom. The van der Waals surface area contributed by atoms with Crippen LogP contribution >= 0.6 is 15.6 Å². The number of aliphatic hydroxyl groups is 5. The summed E-state index contributed by atoms with van der Waals surface area (Å²) >= 11 is 0. The number of aliphatic hydroxyl groups excluding tert-OH is 5. The van der Waals surface area contributed by atoms with Crippen molar-refractivity contribution in [3.63, 3.8) is 0 Å². The molecule has 0 bridgehead atoms. The molecule has 11 N–H and O–H groups in total. The van der Waals surface area contributed by atoms with Crippen molar-refractivity contribution in [1.29, 1.82) is 0 Å². The number of hydrogen-bond donors (Lipinski definition) is 9. The number of hydrogen-bond acceptors (Lipinski definition) is 16. The second-order valence-electron chi connectivity index (χ2n) is 7.60. The molecule has 8 atom stereocenters. The van der Waals surface area contributed by atoms with Gasteiger partial charge in [0.1, 0.15) is 42.4 Å². The Balaban J connectivity index is 1.71. The fourth-order valence-corrected chi connectivity index (χ4v) is 5.35. The van der Waals surface area contributed by atoms with Gasteiger partial charge in [0, 0.05) is 6.54 Å². The Bertz CT molecular complexity index is 1130. The molecular weight excluding hydrogens is 534 g/mol. The van der Waals surface area contributed by atoms with E-state index in [4.69, 9.17) is 30.5 Å². The highest BCUT2D eigenvalue weighted by Gasteiger charge is 2.47. The topological polar surface area (TPSA) is 308 Å². The highest BCUT2D eigenvalue weighted by molar-refractivity contribution is 7.61. The highest BCUT2D eigenvalue weighted by atomic mass is 31.3. The second kappa shape index (κ2) is 11.4. The van der Waals surface area contributed by atoms with E-state index >= 15 is 0 Å². The first-order valence-corrected chi connectivity index (χ1v) is 13.1. The van der Waals surface area contributed by atoms with Crippen molar-refractivity contribution < 1.29 is 62.5 Å². The quantitative estimate of drug-likeness (QED) is 0.113. The van der Waals surface area contributed by atoms with Crippen LogP contribution in [0.2, 0.25) is 0 Å². The maximum absolute atomic E-state index is 12.8. The van der Waals surface area contributed by atoms with Crippen LogP contribution in [0.3, 0.4) is 0 Å². The Kier molecular flexibility index (Phi) is 9.13. The number of phosphoric acid groups is 2. The van der Waals surface area contributed by atoms with Gasteiger partial charge < -0.3 is 51.5 Å². The third kappa shape index (κ3) is 6.60. The third-order valence-corrected chi connectivity index (χ3v) is 7.62. The Labute approximate surface area is 202 Å². The number of rotatable bonds is 12. The number of nitrogens with zero attached hydrogens (tertiary/aromatic N) is 4. The fraction of sp³-hybridized carbons (Fsp3) is 0.667. The zero-order valence-corrected chi connectivity index (χ0v) is 20.0. The number of fused-ring (bicyclic) bond motifs is 1. The molecule has 1 aliphatic rings. The van der Waals surface area contributed by atoms with Gasteiger partial charge in [-0.25, -0.2) is 24.1 Å². The Morgan fingerprint density at radius 3 is 2.42 bits per heavy atom. The monoisotopic (exact) mass is 560 g/mol. The first kappa shape index (κ1) is 28.9. The van der Waals surface area contributed by atoms with Gasteiger partial charge in [0.05, 0.1) is 25.6 Å². The van der Waals surface area contributed by atoms with E-state index in [0.717, 1.165) is 6.33 Å². The molecule has 0 saturated carbocycles. The van der Waals surface area contributed by atoms with E-state index in [1.54, 1.807) is 0 Å². The number of phosphoric ester groups is 1. The highest BCUT2D eigenvalue weighted by Crippen LogP contribution is 2.61. The second-order valence-corrected chi connectivity index (χ2v) is 10.6. The molecule has 0 spiro atoms. The lowest BCUT2D eigenvalue weighted by molar-refractivity contribution is -0.0756. The number of nitrogen functional groups attached to an aromatic ring is 1. The van der Waals surface area contributed by atoms with Crippen molar-refractivity contribution in [2.45, 2.75) is 42.9 Å². The van der Waals surface area contributed by atoms with E-state index in [1.165, 1.54) is 10.9 Å². The van der Waals surface area contributed by atoms with Gasteiger partial charge in [0.15, 0.2) is 17.7 Å². The van der Waals surface area contributed by atoms with E-state index in [9.17, 15) is 34.7 Å². The molecule has 0 radical (unpaired) electrons. The Hall–Kier alpha value is -1.67. The lowest BCUT2D eigenvalue weighted by Crippen LogP contribution is -2.43. The van der Waals surface area contributed by atoms with Gasteiger partial charge >= 0.3 is 15.6 Å². The average molecular weight is 560 g/mol. The lowest BCUT2D eigenvalue weighted by Gasteiger charge is -2.25. The third-order valence-electron chi connectivity index (χ3n) is 5.04. The standard InChI is InChI=1S/C15H26N6O13P2/c16-1-6(22)10(24)7(23)2-31-36(30,34-35(27,28)29)32-3-8-11(25)12(26)15(33-8)21-5-20-9-13(17)18-4-19-14(9)21/h4-8,10-12,15,22-26H,1-3,16H2,(H2,17,18,19)(H2,27,28,29). The largest absolute Gasteiger partial charge is 0.483 e. The van der Waals surface area contributed by atoms with Gasteiger partial charge in [0.2, 0.25) is 0 Å². The van der Waals surface area contributed by atoms with E-state index in [1.807, 2.05) is 0 Å². The van der Waals surface area contributed by atoms with Crippen LogP contribution < -0.4 is 11.5 Å². The minimum atomic E-state index is -5.49.